The number of carbonyl (C=O) groups excluding carboxylic acids is 2. The Bertz CT molecular complexity index is 1110. The van der Waals surface area contributed by atoms with E-state index in [9.17, 15) is 9.59 Å². The maximum atomic E-state index is 12.7. The second-order valence-corrected chi connectivity index (χ2v) is 8.09. The number of aromatic nitrogens is 2. The number of amides is 3. The summed E-state index contributed by atoms with van der Waals surface area (Å²) in [5.41, 5.74) is 4.31. The molecule has 1 aliphatic heterocycles. The third-order valence-electron chi connectivity index (χ3n) is 5.98. The lowest BCUT2D eigenvalue weighted by Crippen LogP contribution is -2.32. The first-order valence-electron chi connectivity index (χ1n) is 10.8. The number of fused-ring (bicyclic) bond motifs is 1. The molecule has 1 fully saturated rings. The molecule has 1 saturated heterocycles. The Morgan fingerprint density at radius 1 is 1.13 bits per heavy atom. The van der Waals surface area contributed by atoms with Crippen LogP contribution in [0.1, 0.15) is 41.5 Å². The molecule has 0 radical (unpaired) electrons. The Hall–Kier alpha value is -3.35. The van der Waals surface area contributed by atoms with Gasteiger partial charge in [-0.3, -0.25) is 4.79 Å². The van der Waals surface area contributed by atoms with Crippen molar-refractivity contribution in [1.29, 1.82) is 0 Å². The van der Waals surface area contributed by atoms with Crippen molar-refractivity contribution >= 4 is 28.7 Å². The molecule has 7 nitrogen and oxygen atoms in total. The molecule has 0 atom stereocenters. The van der Waals surface area contributed by atoms with Crippen molar-refractivity contribution in [2.45, 2.75) is 32.7 Å². The quantitative estimate of drug-likeness (QED) is 0.679. The molecule has 0 spiro atoms. The van der Waals surface area contributed by atoms with Crippen molar-refractivity contribution in [1.82, 2.24) is 19.4 Å². The monoisotopic (exact) mass is 419 g/mol. The van der Waals surface area contributed by atoms with Crippen LogP contribution >= 0.6 is 0 Å². The number of anilines is 1. The van der Waals surface area contributed by atoms with E-state index in [4.69, 9.17) is 4.98 Å². The highest BCUT2D eigenvalue weighted by atomic mass is 16.2. The molecule has 7 heteroatoms. The van der Waals surface area contributed by atoms with Crippen molar-refractivity contribution in [2.24, 2.45) is 7.05 Å². The van der Waals surface area contributed by atoms with E-state index >= 15 is 0 Å². The Morgan fingerprint density at radius 3 is 2.61 bits per heavy atom. The number of carbonyl (C=O) groups is 2. The van der Waals surface area contributed by atoms with E-state index in [1.165, 1.54) is 0 Å². The molecule has 3 amide bonds. The Labute approximate surface area is 182 Å². The summed E-state index contributed by atoms with van der Waals surface area (Å²) < 4.78 is 1.98. The van der Waals surface area contributed by atoms with Crippen molar-refractivity contribution in [3.63, 3.8) is 0 Å². The molecule has 0 aliphatic carbocycles. The van der Waals surface area contributed by atoms with Gasteiger partial charge in [-0.2, -0.15) is 0 Å². The van der Waals surface area contributed by atoms with Crippen LogP contribution in [-0.2, 0) is 20.0 Å². The number of rotatable bonds is 5. The summed E-state index contributed by atoms with van der Waals surface area (Å²) in [6.07, 6.45) is 2.99. The van der Waals surface area contributed by atoms with Crippen LogP contribution in [0.2, 0.25) is 0 Å². The molecule has 1 N–H and O–H groups in total. The predicted octanol–water partition coefficient (Wildman–Crippen LogP) is 4.04. The highest BCUT2D eigenvalue weighted by Crippen LogP contribution is 2.21. The lowest BCUT2D eigenvalue weighted by atomic mass is 10.1. The second kappa shape index (κ2) is 8.79. The van der Waals surface area contributed by atoms with Crippen molar-refractivity contribution in [3.05, 3.63) is 59.4 Å². The second-order valence-electron chi connectivity index (χ2n) is 8.09. The summed E-state index contributed by atoms with van der Waals surface area (Å²) in [4.78, 5) is 33.7. The molecule has 0 saturated carbocycles. The number of aryl methyl sites for hydroxylation is 2. The first kappa shape index (κ1) is 20.9. The van der Waals surface area contributed by atoms with E-state index in [-0.39, 0.29) is 11.9 Å². The van der Waals surface area contributed by atoms with E-state index in [0.717, 1.165) is 60.5 Å². The maximum absolute atomic E-state index is 12.7. The predicted molar refractivity (Wildman–Crippen MR) is 122 cm³/mol. The van der Waals surface area contributed by atoms with Gasteiger partial charge in [0.05, 0.1) is 17.6 Å². The number of hydrogen-bond donors (Lipinski definition) is 1. The molecule has 4 rings (SSSR count). The summed E-state index contributed by atoms with van der Waals surface area (Å²) in [5, 5.41) is 2.99. The molecule has 31 heavy (non-hydrogen) atoms. The number of imidazole rings is 1. The van der Waals surface area contributed by atoms with E-state index in [2.05, 4.69) is 12.2 Å². The fraction of sp³-hybridized carbons (Fsp3) is 0.375. The minimum absolute atomic E-state index is 0.0673. The zero-order chi connectivity index (χ0) is 22.0. The van der Waals surface area contributed by atoms with Crippen molar-refractivity contribution < 1.29 is 9.59 Å². The summed E-state index contributed by atoms with van der Waals surface area (Å²) >= 11 is 0. The van der Waals surface area contributed by atoms with E-state index in [1.54, 1.807) is 11.9 Å². The van der Waals surface area contributed by atoms with Gasteiger partial charge in [0.2, 0.25) is 0 Å². The lowest BCUT2D eigenvalue weighted by Gasteiger charge is -2.19. The number of likely N-dealkylation sites (tertiary alicyclic amines) is 1. The molecule has 3 aromatic rings. The van der Waals surface area contributed by atoms with Gasteiger partial charge in [-0.15, -0.1) is 0 Å². The first-order chi connectivity index (χ1) is 15.0. The van der Waals surface area contributed by atoms with Crippen LogP contribution in [0.5, 0.6) is 0 Å². The Morgan fingerprint density at radius 2 is 1.87 bits per heavy atom. The van der Waals surface area contributed by atoms with Gasteiger partial charge in [0.1, 0.15) is 5.82 Å². The van der Waals surface area contributed by atoms with Gasteiger partial charge < -0.3 is 19.7 Å². The lowest BCUT2D eigenvalue weighted by molar-refractivity contribution is 0.0793. The average molecular weight is 420 g/mol. The molecule has 2 aromatic carbocycles. The van der Waals surface area contributed by atoms with Crippen molar-refractivity contribution in [2.75, 3.05) is 25.5 Å². The van der Waals surface area contributed by atoms with Gasteiger partial charge >= 0.3 is 6.03 Å². The number of urea groups is 1. The van der Waals surface area contributed by atoms with Crippen LogP contribution in [0.15, 0.2) is 42.5 Å². The normalized spacial score (nSPS) is 13.6. The largest absolute Gasteiger partial charge is 0.339 e. The number of benzene rings is 2. The zero-order valence-electron chi connectivity index (χ0n) is 18.4. The van der Waals surface area contributed by atoms with Crippen LogP contribution in [-0.4, -0.2) is 51.4 Å². The van der Waals surface area contributed by atoms with Crippen molar-refractivity contribution in [3.8, 4) is 0 Å². The molecule has 162 valence electrons. The van der Waals surface area contributed by atoms with E-state index < -0.39 is 0 Å². The maximum Gasteiger partial charge on any atom is 0.321 e. The Balaban J connectivity index is 1.50. The number of nitrogens with one attached hydrogen (secondary N) is 1. The third kappa shape index (κ3) is 4.26. The molecular weight excluding hydrogens is 390 g/mol. The van der Waals surface area contributed by atoms with Crippen LogP contribution in [0.25, 0.3) is 11.0 Å². The van der Waals surface area contributed by atoms with E-state index in [0.29, 0.717) is 12.1 Å². The fourth-order valence-electron chi connectivity index (χ4n) is 4.07. The standard InChI is InChI=1S/C24H29N5O2/c1-4-17-9-5-6-10-19(17)26-24(31)27(2)16-22-25-20-15-18(11-12-21(20)28(22)3)23(30)29-13-7-8-14-29/h5-6,9-12,15H,4,7-8,13-14,16H2,1-3H3,(H,26,31). The van der Waals surface area contributed by atoms with Gasteiger partial charge in [0.25, 0.3) is 5.91 Å². The first-order valence-corrected chi connectivity index (χ1v) is 10.8. The highest BCUT2D eigenvalue weighted by Gasteiger charge is 2.21. The zero-order valence-corrected chi connectivity index (χ0v) is 18.4. The molecule has 1 aliphatic rings. The fourth-order valence-corrected chi connectivity index (χ4v) is 4.07. The van der Waals surface area contributed by atoms with Crippen LogP contribution in [0.3, 0.4) is 0 Å². The highest BCUT2D eigenvalue weighted by molar-refractivity contribution is 5.97. The summed E-state index contributed by atoms with van der Waals surface area (Å²) in [6, 6.07) is 13.3. The molecule has 0 bridgehead atoms. The smallest absolute Gasteiger partial charge is 0.321 e. The van der Waals surface area contributed by atoms with Gasteiger partial charge in [-0.25, -0.2) is 9.78 Å². The number of para-hydroxylation sites is 1. The molecule has 1 aromatic heterocycles. The molecule has 2 heterocycles. The number of nitrogens with zero attached hydrogens (tertiary/aromatic N) is 4. The summed E-state index contributed by atoms with van der Waals surface area (Å²) in [7, 11) is 3.69. The molecule has 0 unspecified atom stereocenters. The van der Waals surface area contributed by atoms with Crippen LogP contribution in [0.4, 0.5) is 10.5 Å². The van der Waals surface area contributed by atoms with Crippen LogP contribution in [0, 0.1) is 0 Å². The SMILES string of the molecule is CCc1ccccc1NC(=O)N(C)Cc1nc2cc(C(=O)N3CCCC3)ccc2n1C. The van der Waals surface area contributed by atoms with Gasteiger partial charge in [0, 0.05) is 38.4 Å². The van der Waals surface area contributed by atoms with E-state index in [1.807, 2.05) is 59.0 Å². The Kier molecular flexibility index (Phi) is 5.93. The summed E-state index contributed by atoms with van der Waals surface area (Å²) in [5.74, 6) is 0.833. The minimum Gasteiger partial charge on any atom is -0.339 e. The topological polar surface area (TPSA) is 70.5 Å². The molecular formula is C24H29N5O2. The van der Waals surface area contributed by atoms with Gasteiger partial charge in [0.15, 0.2) is 0 Å². The van der Waals surface area contributed by atoms with Crippen LogP contribution < -0.4 is 5.32 Å². The minimum atomic E-state index is -0.183. The third-order valence-corrected chi connectivity index (χ3v) is 5.98. The van der Waals surface area contributed by atoms with Gasteiger partial charge in [-0.1, -0.05) is 25.1 Å². The van der Waals surface area contributed by atoms with Gasteiger partial charge in [-0.05, 0) is 49.1 Å². The summed E-state index contributed by atoms with van der Waals surface area (Å²) in [6.45, 7) is 4.08. The average Bonchev–Trinajstić information content (AvgIpc) is 3.42. The number of hydrogen-bond acceptors (Lipinski definition) is 3.